The maximum Gasteiger partial charge on any atom is 0.250 e. The molecule has 0 aliphatic heterocycles. The number of fused-ring (bicyclic) bond motifs is 1. The molecule has 26 heavy (non-hydrogen) atoms. The number of carbonyl (C=O) groups excluding carboxylic acids is 1. The van der Waals surface area contributed by atoms with E-state index in [0.29, 0.717) is 34.5 Å². The Morgan fingerprint density at radius 2 is 2.15 bits per heavy atom. The van der Waals surface area contributed by atoms with Gasteiger partial charge < -0.3 is 9.64 Å². The van der Waals surface area contributed by atoms with Crippen LogP contribution in [-0.2, 0) is 11.3 Å². The summed E-state index contributed by atoms with van der Waals surface area (Å²) < 4.78 is 7.66. The summed E-state index contributed by atoms with van der Waals surface area (Å²) in [5.74, 6) is 0.509. The third-order valence-corrected chi connectivity index (χ3v) is 5.27. The van der Waals surface area contributed by atoms with Gasteiger partial charge in [0.2, 0.25) is 0 Å². The zero-order valence-corrected chi connectivity index (χ0v) is 16.3. The average molecular weight is 395 g/mol. The molecule has 0 saturated carbocycles. The SMILES string of the molecule is COc1ccc(Cl)c2sc(N(CCN(C)C)C(=O)Cn3cncn3)nc12. The van der Waals surface area contributed by atoms with Gasteiger partial charge >= 0.3 is 0 Å². The monoisotopic (exact) mass is 394 g/mol. The predicted octanol–water partition coefficient (Wildman–Crippen LogP) is 2.14. The molecular weight excluding hydrogens is 376 g/mol. The fraction of sp³-hybridized carbons (Fsp3) is 0.375. The summed E-state index contributed by atoms with van der Waals surface area (Å²) >= 11 is 7.68. The first-order valence-corrected chi connectivity index (χ1v) is 9.09. The van der Waals surface area contributed by atoms with Crippen molar-refractivity contribution in [2.45, 2.75) is 6.54 Å². The number of hydrogen-bond donors (Lipinski definition) is 0. The van der Waals surface area contributed by atoms with Gasteiger partial charge in [-0.05, 0) is 26.2 Å². The van der Waals surface area contributed by atoms with E-state index in [1.54, 1.807) is 24.1 Å². The molecule has 10 heteroatoms. The first-order valence-electron chi connectivity index (χ1n) is 7.90. The number of halogens is 1. The molecule has 2 heterocycles. The van der Waals surface area contributed by atoms with Crippen molar-refractivity contribution >= 4 is 44.2 Å². The van der Waals surface area contributed by atoms with Gasteiger partial charge in [0.25, 0.3) is 5.91 Å². The number of methoxy groups -OCH3 is 1. The van der Waals surface area contributed by atoms with Crippen LogP contribution in [0.2, 0.25) is 5.02 Å². The number of likely N-dealkylation sites (N-methyl/N-ethyl adjacent to an activating group) is 1. The number of benzene rings is 1. The van der Waals surface area contributed by atoms with Crippen LogP contribution in [0.3, 0.4) is 0 Å². The first kappa shape index (κ1) is 18.6. The quantitative estimate of drug-likeness (QED) is 0.611. The molecule has 0 aliphatic carbocycles. The summed E-state index contributed by atoms with van der Waals surface area (Å²) in [4.78, 5) is 25.0. The lowest BCUT2D eigenvalue weighted by molar-refractivity contribution is -0.119. The molecule has 3 aromatic rings. The van der Waals surface area contributed by atoms with Crippen LogP contribution in [-0.4, -0.2) is 64.9 Å². The van der Waals surface area contributed by atoms with Crippen molar-refractivity contribution < 1.29 is 9.53 Å². The first-order chi connectivity index (χ1) is 12.5. The lowest BCUT2D eigenvalue weighted by atomic mass is 10.3. The topological polar surface area (TPSA) is 76.4 Å². The Bertz CT molecular complexity index is 896. The number of anilines is 1. The van der Waals surface area contributed by atoms with Gasteiger partial charge in [0.05, 0.1) is 16.8 Å². The van der Waals surface area contributed by atoms with E-state index in [4.69, 9.17) is 16.3 Å². The Hall–Kier alpha value is -2.23. The maximum atomic E-state index is 12.9. The van der Waals surface area contributed by atoms with Crippen LogP contribution in [0.4, 0.5) is 5.13 Å². The predicted molar refractivity (Wildman–Crippen MR) is 102 cm³/mol. The average Bonchev–Trinajstić information content (AvgIpc) is 3.25. The molecule has 0 atom stereocenters. The summed E-state index contributed by atoms with van der Waals surface area (Å²) in [6, 6.07) is 3.54. The molecule has 8 nitrogen and oxygen atoms in total. The van der Waals surface area contributed by atoms with Crippen molar-refractivity contribution in [1.29, 1.82) is 0 Å². The van der Waals surface area contributed by atoms with E-state index in [0.717, 1.165) is 4.70 Å². The van der Waals surface area contributed by atoms with Gasteiger partial charge in [-0.3, -0.25) is 9.69 Å². The number of thiazole rings is 1. The van der Waals surface area contributed by atoms with Crippen LogP contribution >= 0.6 is 22.9 Å². The number of rotatable bonds is 7. The molecule has 0 saturated heterocycles. The van der Waals surface area contributed by atoms with E-state index in [1.165, 1.54) is 28.7 Å². The fourth-order valence-electron chi connectivity index (χ4n) is 2.39. The van der Waals surface area contributed by atoms with Crippen molar-refractivity contribution in [3.05, 3.63) is 29.8 Å². The van der Waals surface area contributed by atoms with E-state index in [-0.39, 0.29) is 12.5 Å². The van der Waals surface area contributed by atoms with Gasteiger partial charge in [0.15, 0.2) is 5.13 Å². The third kappa shape index (κ3) is 3.95. The van der Waals surface area contributed by atoms with E-state index >= 15 is 0 Å². The minimum absolute atomic E-state index is 0.0915. The molecule has 138 valence electrons. The zero-order valence-electron chi connectivity index (χ0n) is 14.7. The minimum atomic E-state index is -0.119. The van der Waals surface area contributed by atoms with Crippen molar-refractivity contribution in [2.75, 3.05) is 39.2 Å². The highest BCUT2D eigenvalue weighted by atomic mass is 35.5. The molecule has 0 spiro atoms. The fourth-order valence-corrected chi connectivity index (χ4v) is 3.69. The Morgan fingerprint density at radius 1 is 1.35 bits per heavy atom. The molecule has 0 bridgehead atoms. The number of amides is 1. The van der Waals surface area contributed by atoms with Gasteiger partial charge in [-0.25, -0.2) is 14.6 Å². The van der Waals surface area contributed by atoms with Gasteiger partial charge in [-0.1, -0.05) is 22.9 Å². The van der Waals surface area contributed by atoms with Crippen molar-refractivity contribution in [1.82, 2.24) is 24.6 Å². The lowest BCUT2D eigenvalue weighted by Crippen LogP contribution is -2.38. The second-order valence-corrected chi connectivity index (χ2v) is 7.25. The van der Waals surface area contributed by atoms with E-state index in [1.807, 2.05) is 19.0 Å². The smallest absolute Gasteiger partial charge is 0.250 e. The molecular formula is C16H19ClN6O2S. The van der Waals surface area contributed by atoms with E-state index < -0.39 is 0 Å². The third-order valence-electron chi connectivity index (χ3n) is 3.73. The number of aromatic nitrogens is 4. The molecule has 0 N–H and O–H groups in total. The summed E-state index contributed by atoms with van der Waals surface area (Å²) in [5.41, 5.74) is 0.656. The largest absolute Gasteiger partial charge is 0.494 e. The van der Waals surface area contributed by atoms with E-state index in [9.17, 15) is 4.79 Å². The van der Waals surface area contributed by atoms with Crippen molar-refractivity contribution in [2.24, 2.45) is 0 Å². The summed E-state index contributed by atoms with van der Waals surface area (Å²) in [6.45, 7) is 1.29. The van der Waals surface area contributed by atoms with Crippen LogP contribution in [0.1, 0.15) is 0 Å². The molecule has 3 rings (SSSR count). The van der Waals surface area contributed by atoms with Crippen LogP contribution in [0, 0.1) is 0 Å². The second kappa shape index (κ2) is 7.98. The van der Waals surface area contributed by atoms with Gasteiger partial charge in [0.1, 0.15) is 30.5 Å². The van der Waals surface area contributed by atoms with Crippen LogP contribution in [0.5, 0.6) is 5.75 Å². The number of carbonyl (C=O) groups is 1. The summed E-state index contributed by atoms with van der Waals surface area (Å²) in [7, 11) is 5.50. The molecule has 0 fully saturated rings. The zero-order chi connectivity index (χ0) is 18.7. The van der Waals surface area contributed by atoms with Crippen LogP contribution in [0.15, 0.2) is 24.8 Å². The van der Waals surface area contributed by atoms with Crippen LogP contribution < -0.4 is 9.64 Å². The maximum absolute atomic E-state index is 12.9. The second-order valence-electron chi connectivity index (χ2n) is 5.87. The molecule has 1 aromatic carbocycles. The Morgan fingerprint density at radius 3 is 2.81 bits per heavy atom. The molecule has 1 amide bonds. The highest BCUT2D eigenvalue weighted by Crippen LogP contribution is 2.38. The highest BCUT2D eigenvalue weighted by Gasteiger charge is 2.22. The van der Waals surface area contributed by atoms with Gasteiger partial charge in [-0.15, -0.1) is 0 Å². The molecule has 0 aliphatic rings. The molecule has 0 unspecified atom stereocenters. The van der Waals surface area contributed by atoms with Crippen molar-refractivity contribution in [3.63, 3.8) is 0 Å². The summed E-state index contributed by atoms with van der Waals surface area (Å²) in [6.07, 6.45) is 2.92. The molecule has 2 aromatic heterocycles. The van der Waals surface area contributed by atoms with Gasteiger partial charge in [0, 0.05) is 13.1 Å². The standard InChI is InChI=1S/C16H19ClN6O2S/c1-21(2)6-7-23(13(24)8-22-10-18-9-19-22)16-20-14-12(25-3)5-4-11(17)15(14)26-16/h4-5,9-10H,6-8H2,1-3H3. The minimum Gasteiger partial charge on any atom is -0.494 e. The normalized spacial score (nSPS) is 11.3. The summed E-state index contributed by atoms with van der Waals surface area (Å²) in [5, 5.41) is 5.17. The van der Waals surface area contributed by atoms with E-state index in [2.05, 4.69) is 15.1 Å². The van der Waals surface area contributed by atoms with Gasteiger partial charge in [-0.2, -0.15) is 5.10 Å². The van der Waals surface area contributed by atoms with Crippen molar-refractivity contribution in [3.8, 4) is 5.75 Å². The molecule has 0 radical (unpaired) electrons. The number of hydrogen-bond acceptors (Lipinski definition) is 7. The lowest BCUT2D eigenvalue weighted by Gasteiger charge is -2.21. The van der Waals surface area contributed by atoms with Crippen LogP contribution in [0.25, 0.3) is 10.2 Å². The highest BCUT2D eigenvalue weighted by molar-refractivity contribution is 7.23. The Kier molecular flexibility index (Phi) is 5.70. The Labute approximate surface area is 160 Å². The number of ether oxygens (including phenoxy) is 1. The Balaban J connectivity index is 1.96. The number of nitrogens with zero attached hydrogens (tertiary/aromatic N) is 6.